The fourth-order valence-electron chi connectivity index (χ4n) is 2.92. The van der Waals surface area contributed by atoms with E-state index in [1.807, 2.05) is 18.2 Å². The van der Waals surface area contributed by atoms with Gasteiger partial charge in [0.2, 0.25) is 0 Å². The molecule has 2 aromatic rings. The van der Waals surface area contributed by atoms with E-state index in [4.69, 9.17) is 14.3 Å². The number of hydroxylamine groups is 2. The van der Waals surface area contributed by atoms with E-state index in [0.717, 1.165) is 10.9 Å². The fourth-order valence-corrected chi connectivity index (χ4v) is 2.92. The molecule has 122 valence electrons. The van der Waals surface area contributed by atoms with E-state index in [1.165, 1.54) is 12.2 Å². The van der Waals surface area contributed by atoms with Crippen LogP contribution in [0, 0.1) is 0 Å². The van der Waals surface area contributed by atoms with Gasteiger partial charge in [0.1, 0.15) is 11.8 Å². The molecule has 0 N–H and O–H groups in total. The summed E-state index contributed by atoms with van der Waals surface area (Å²) in [6.07, 6.45) is 0.0425. The Kier molecular flexibility index (Phi) is 3.96. The summed E-state index contributed by atoms with van der Waals surface area (Å²) in [6.45, 7) is 2.04. The number of benzene rings is 1. The minimum Gasteiger partial charge on any atom is -0.497 e. The molecule has 0 radical (unpaired) electrons. The van der Waals surface area contributed by atoms with Crippen molar-refractivity contribution >= 4 is 22.9 Å². The lowest BCUT2D eigenvalue weighted by Crippen LogP contribution is -2.30. The monoisotopic (exact) mass is 318 g/mol. The number of amides is 1. The van der Waals surface area contributed by atoms with Crippen LogP contribution < -0.4 is 4.74 Å². The Morgan fingerprint density at radius 1 is 1.26 bits per heavy atom. The van der Waals surface area contributed by atoms with E-state index < -0.39 is 6.04 Å². The molecule has 1 unspecified atom stereocenters. The van der Waals surface area contributed by atoms with Crippen LogP contribution in [-0.2, 0) is 14.4 Å². The average Bonchev–Trinajstić information content (AvgIpc) is 3.03. The van der Waals surface area contributed by atoms with Gasteiger partial charge in [0.05, 0.1) is 38.5 Å². The first-order chi connectivity index (χ1) is 11.1. The molecule has 0 bridgehead atoms. The minimum atomic E-state index is -0.509. The third kappa shape index (κ3) is 2.43. The van der Waals surface area contributed by atoms with Crippen LogP contribution in [0.4, 0.5) is 4.79 Å². The van der Waals surface area contributed by atoms with E-state index in [-0.39, 0.29) is 18.4 Å². The molecule has 1 aliphatic rings. The van der Waals surface area contributed by atoms with Gasteiger partial charge in [-0.1, -0.05) is 0 Å². The first kappa shape index (κ1) is 15.4. The molecule has 0 aliphatic carbocycles. The Hall–Kier alpha value is -2.54. The Morgan fingerprint density at radius 3 is 2.70 bits per heavy atom. The Labute approximate surface area is 133 Å². The first-order valence-electron chi connectivity index (χ1n) is 7.33. The second-order valence-electron chi connectivity index (χ2n) is 5.15. The van der Waals surface area contributed by atoms with Crippen LogP contribution in [0.15, 0.2) is 24.3 Å². The van der Waals surface area contributed by atoms with Crippen molar-refractivity contribution in [2.75, 3.05) is 20.8 Å². The van der Waals surface area contributed by atoms with Gasteiger partial charge in [0.15, 0.2) is 0 Å². The number of ether oxygens (including phenoxy) is 2. The lowest BCUT2D eigenvalue weighted by atomic mass is 10.1. The molecule has 7 heteroatoms. The van der Waals surface area contributed by atoms with Crippen LogP contribution in [0.3, 0.4) is 0 Å². The maximum Gasteiger partial charge on any atom is 0.353 e. The molecule has 3 rings (SSSR count). The maximum absolute atomic E-state index is 12.6. The molecule has 7 nitrogen and oxygen atoms in total. The Morgan fingerprint density at radius 2 is 2.04 bits per heavy atom. The molecule has 1 aromatic heterocycles. The molecule has 0 fully saturated rings. The lowest BCUT2D eigenvalue weighted by molar-refractivity contribution is -0.151. The van der Waals surface area contributed by atoms with Crippen LogP contribution in [0.1, 0.15) is 25.1 Å². The lowest BCUT2D eigenvalue weighted by Gasteiger charge is -2.20. The van der Waals surface area contributed by atoms with Crippen molar-refractivity contribution in [2.24, 2.45) is 0 Å². The molecular formula is C16H18N2O5. The van der Waals surface area contributed by atoms with Crippen LogP contribution in [0.25, 0.3) is 10.9 Å². The minimum absolute atomic E-state index is 0.0425. The summed E-state index contributed by atoms with van der Waals surface area (Å²) in [5, 5.41) is 2.08. The second-order valence-corrected chi connectivity index (χ2v) is 5.15. The number of nitrogens with zero attached hydrogens (tertiary/aromatic N) is 2. The number of aromatic nitrogens is 1. The van der Waals surface area contributed by atoms with Crippen molar-refractivity contribution in [1.29, 1.82) is 0 Å². The van der Waals surface area contributed by atoms with Crippen molar-refractivity contribution in [1.82, 2.24) is 9.63 Å². The number of hydrogen-bond donors (Lipinski definition) is 0. The summed E-state index contributed by atoms with van der Waals surface area (Å²) < 4.78 is 11.8. The highest BCUT2D eigenvalue weighted by atomic mass is 16.7. The number of fused-ring (bicyclic) bond motifs is 3. The van der Waals surface area contributed by atoms with Crippen molar-refractivity contribution in [2.45, 2.75) is 19.4 Å². The topological polar surface area (TPSA) is 70.0 Å². The maximum atomic E-state index is 12.6. The summed E-state index contributed by atoms with van der Waals surface area (Å²) >= 11 is 0. The van der Waals surface area contributed by atoms with Crippen LogP contribution in [0.2, 0.25) is 0 Å². The number of methoxy groups -OCH3 is 1. The first-order valence-corrected chi connectivity index (χ1v) is 7.33. The van der Waals surface area contributed by atoms with Crippen molar-refractivity contribution < 1.29 is 23.9 Å². The smallest absolute Gasteiger partial charge is 0.353 e. The molecule has 1 amide bonds. The number of carbonyl (C=O) groups excluding carboxylic acids is 2. The zero-order chi connectivity index (χ0) is 16.6. The molecule has 0 saturated heterocycles. The highest BCUT2D eigenvalue weighted by Crippen LogP contribution is 2.38. The van der Waals surface area contributed by atoms with Crippen LogP contribution >= 0.6 is 0 Å². The van der Waals surface area contributed by atoms with E-state index in [2.05, 4.69) is 0 Å². The Balaban J connectivity index is 2.05. The van der Waals surface area contributed by atoms with Gasteiger partial charge in [0, 0.05) is 5.39 Å². The Bertz CT molecular complexity index is 767. The second kappa shape index (κ2) is 5.92. The van der Waals surface area contributed by atoms with Crippen LogP contribution in [-0.4, -0.2) is 42.5 Å². The predicted octanol–water partition coefficient (Wildman–Crippen LogP) is 2.49. The normalized spacial score (nSPS) is 16.7. The summed E-state index contributed by atoms with van der Waals surface area (Å²) in [5.74, 6) is 0.336. The molecular weight excluding hydrogens is 300 g/mol. The van der Waals surface area contributed by atoms with Gasteiger partial charge in [-0.2, -0.15) is 5.06 Å². The van der Waals surface area contributed by atoms with E-state index in [9.17, 15) is 9.59 Å². The van der Waals surface area contributed by atoms with E-state index >= 15 is 0 Å². The highest BCUT2D eigenvalue weighted by molar-refractivity contribution is 5.96. The average molecular weight is 318 g/mol. The molecule has 1 atom stereocenters. The number of hydrogen-bond acceptors (Lipinski definition) is 5. The van der Waals surface area contributed by atoms with E-state index in [0.29, 0.717) is 18.1 Å². The number of carbonyl (C=O) groups is 2. The third-order valence-electron chi connectivity index (χ3n) is 3.90. The summed E-state index contributed by atoms with van der Waals surface area (Å²) in [4.78, 5) is 29.6. The molecule has 1 aliphatic heterocycles. The van der Waals surface area contributed by atoms with Gasteiger partial charge in [-0.3, -0.25) is 14.2 Å². The SMILES string of the molecule is CCOC(=O)CC1c2cc3cc(OC)ccc3n2C(=O)N1OC. The van der Waals surface area contributed by atoms with Crippen LogP contribution in [0.5, 0.6) is 5.75 Å². The fraction of sp³-hybridized carbons (Fsp3) is 0.375. The summed E-state index contributed by atoms with van der Waals surface area (Å²) in [5.41, 5.74) is 1.45. The van der Waals surface area contributed by atoms with Gasteiger partial charge in [-0.15, -0.1) is 0 Å². The largest absolute Gasteiger partial charge is 0.497 e. The number of rotatable bonds is 5. The van der Waals surface area contributed by atoms with Gasteiger partial charge in [0.25, 0.3) is 0 Å². The molecule has 2 heterocycles. The third-order valence-corrected chi connectivity index (χ3v) is 3.90. The van der Waals surface area contributed by atoms with Crippen molar-refractivity contribution in [3.05, 3.63) is 30.0 Å². The zero-order valence-electron chi connectivity index (χ0n) is 13.2. The summed E-state index contributed by atoms with van der Waals surface area (Å²) in [7, 11) is 3.00. The number of esters is 1. The van der Waals surface area contributed by atoms with E-state index in [1.54, 1.807) is 24.7 Å². The highest BCUT2D eigenvalue weighted by Gasteiger charge is 2.40. The zero-order valence-corrected chi connectivity index (χ0v) is 13.2. The molecule has 0 saturated carbocycles. The van der Waals surface area contributed by atoms with Crippen molar-refractivity contribution in [3.8, 4) is 5.75 Å². The quantitative estimate of drug-likeness (QED) is 0.792. The molecule has 23 heavy (non-hydrogen) atoms. The van der Waals surface area contributed by atoms with Gasteiger partial charge in [-0.05, 0) is 31.2 Å². The van der Waals surface area contributed by atoms with Gasteiger partial charge >= 0.3 is 12.0 Å². The molecule has 1 aromatic carbocycles. The molecule has 0 spiro atoms. The standard InChI is InChI=1S/C16H18N2O5/c1-4-23-15(19)9-14-13-8-10-7-11(21-2)5-6-12(10)17(13)16(20)18(14)22-3/h5-8,14H,4,9H2,1-3H3. The van der Waals surface area contributed by atoms with Crippen molar-refractivity contribution in [3.63, 3.8) is 0 Å². The summed E-state index contributed by atoms with van der Waals surface area (Å²) in [6, 6.07) is 6.50. The van der Waals surface area contributed by atoms with Gasteiger partial charge < -0.3 is 9.47 Å². The van der Waals surface area contributed by atoms with Gasteiger partial charge in [-0.25, -0.2) is 4.79 Å². The predicted molar refractivity (Wildman–Crippen MR) is 82.1 cm³/mol.